The van der Waals surface area contributed by atoms with Gasteiger partial charge in [-0.25, -0.2) is 0 Å². The fourth-order valence-electron chi connectivity index (χ4n) is 2.46. The van der Waals surface area contributed by atoms with Gasteiger partial charge >= 0.3 is 0 Å². The molecule has 1 aromatic rings. The molecule has 4 nitrogen and oxygen atoms in total. The molecule has 0 aliphatic heterocycles. The minimum Gasteiger partial charge on any atom is -0.483 e. The van der Waals surface area contributed by atoms with Gasteiger partial charge in [-0.3, -0.25) is 4.79 Å². The molecule has 1 saturated carbocycles. The Bertz CT molecular complexity index is 498. The Morgan fingerprint density at radius 3 is 2.81 bits per heavy atom. The summed E-state index contributed by atoms with van der Waals surface area (Å²) in [6, 6.07) is 6.74. The molecular formula is C17H26N2O2. The van der Waals surface area contributed by atoms with E-state index >= 15 is 0 Å². The lowest BCUT2D eigenvalue weighted by atomic mass is 10.0. The van der Waals surface area contributed by atoms with E-state index in [4.69, 9.17) is 4.74 Å². The van der Waals surface area contributed by atoms with Crippen LogP contribution in [0.1, 0.15) is 43.9 Å². The Hall–Kier alpha value is -1.55. The number of aryl methyl sites for hydroxylation is 1. The van der Waals surface area contributed by atoms with Gasteiger partial charge in [-0.05, 0) is 39.3 Å². The zero-order valence-corrected chi connectivity index (χ0v) is 13.5. The predicted octanol–water partition coefficient (Wildman–Crippen LogP) is 2.67. The summed E-state index contributed by atoms with van der Waals surface area (Å²) in [6.45, 7) is 7.28. The molecule has 1 fully saturated rings. The molecule has 0 spiro atoms. The third-order valence-electron chi connectivity index (χ3n) is 3.98. The second-order valence-electron chi connectivity index (χ2n) is 5.85. The van der Waals surface area contributed by atoms with Crippen LogP contribution in [0.2, 0.25) is 0 Å². The van der Waals surface area contributed by atoms with Crippen molar-refractivity contribution in [1.29, 1.82) is 0 Å². The molecule has 0 heterocycles. The Balaban J connectivity index is 2.02. The minimum absolute atomic E-state index is 0.0557. The average Bonchev–Trinajstić information content (AvgIpc) is 3.29. The minimum atomic E-state index is 0.0557. The lowest BCUT2D eigenvalue weighted by Gasteiger charge is -2.20. The first kappa shape index (κ1) is 15.8. The lowest BCUT2D eigenvalue weighted by Crippen LogP contribution is -2.33. The van der Waals surface area contributed by atoms with Gasteiger partial charge in [0.2, 0.25) is 0 Å². The molecule has 4 heteroatoms. The number of hydrogen-bond acceptors (Lipinski definition) is 3. The number of hydrogen-bond donors (Lipinski definition) is 1. The molecule has 116 valence electrons. The zero-order valence-electron chi connectivity index (χ0n) is 13.5. The van der Waals surface area contributed by atoms with Crippen LogP contribution >= 0.6 is 0 Å². The highest BCUT2D eigenvalue weighted by Crippen LogP contribution is 2.28. The van der Waals surface area contributed by atoms with E-state index in [0.717, 1.165) is 30.7 Å². The van der Waals surface area contributed by atoms with Crippen molar-refractivity contribution < 1.29 is 9.53 Å². The van der Waals surface area contributed by atoms with Crippen molar-refractivity contribution in [3.63, 3.8) is 0 Å². The van der Waals surface area contributed by atoms with Crippen molar-refractivity contribution in [2.75, 3.05) is 20.2 Å². The summed E-state index contributed by atoms with van der Waals surface area (Å²) < 4.78 is 5.79. The number of likely N-dealkylation sites (N-methyl/N-ethyl adjacent to an activating group) is 1. The molecule has 0 saturated heterocycles. The Labute approximate surface area is 127 Å². The molecule has 1 aliphatic rings. The monoisotopic (exact) mass is 290 g/mol. The highest BCUT2D eigenvalue weighted by Gasteiger charge is 2.29. The molecule has 1 unspecified atom stereocenters. The predicted molar refractivity (Wildman–Crippen MR) is 84.6 cm³/mol. The topological polar surface area (TPSA) is 41.6 Å². The van der Waals surface area contributed by atoms with Crippen LogP contribution in [-0.4, -0.2) is 37.0 Å². The average molecular weight is 290 g/mol. The van der Waals surface area contributed by atoms with Crippen LogP contribution in [0.5, 0.6) is 5.75 Å². The number of ether oxygens (including phenoxy) is 1. The Morgan fingerprint density at radius 1 is 1.48 bits per heavy atom. The molecule has 1 aliphatic carbocycles. The van der Waals surface area contributed by atoms with Crippen LogP contribution in [0.15, 0.2) is 18.2 Å². The van der Waals surface area contributed by atoms with Crippen molar-refractivity contribution >= 4 is 5.91 Å². The summed E-state index contributed by atoms with van der Waals surface area (Å²) in [5, 5.41) is 3.39. The van der Waals surface area contributed by atoms with E-state index in [1.807, 2.05) is 24.1 Å². The largest absolute Gasteiger partial charge is 0.483 e. The van der Waals surface area contributed by atoms with Gasteiger partial charge in [0.05, 0.1) is 0 Å². The molecule has 21 heavy (non-hydrogen) atoms. The van der Waals surface area contributed by atoms with Crippen LogP contribution in [0.4, 0.5) is 0 Å². The third-order valence-corrected chi connectivity index (χ3v) is 3.98. The second kappa shape index (κ2) is 6.94. The normalized spacial score (nSPS) is 15.6. The summed E-state index contributed by atoms with van der Waals surface area (Å²) in [5.74, 6) is 0.853. The molecule has 1 atom stereocenters. The van der Waals surface area contributed by atoms with E-state index in [9.17, 15) is 4.79 Å². The zero-order chi connectivity index (χ0) is 15.4. The van der Waals surface area contributed by atoms with E-state index in [1.54, 1.807) is 0 Å². The fraction of sp³-hybridized carbons (Fsp3) is 0.588. The SMILES string of the molecule is CCNC(C)c1cc(C)ccc1OCC(=O)N(C)C1CC1. The first-order valence-corrected chi connectivity index (χ1v) is 7.75. The van der Waals surface area contributed by atoms with Gasteiger partial charge in [0, 0.05) is 24.7 Å². The van der Waals surface area contributed by atoms with Crippen LogP contribution in [0.3, 0.4) is 0 Å². The van der Waals surface area contributed by atoms with E-state index in [2.05, 4.69) is 32.2 Å². The van der Waals surface area contributed by atoms with Crippen molar-refractivity contribution in [2.24, 2.45) is 0 Å². The molecule has 0 aromatic heterocycles. The van der Waals surface area contributed by atoms with Gasteiger partial charge in [-0.2, -0.15) is 0 Å². The molecule has 0 radical (unpaired) electrons. The summed E-state index contributed by atoms with van der Waals surface area (Å²) in [6.07, 6.45) is 2.24. The lowest BCUT2D eigenvalue weighted by molar-refractivity contribution is -0.132. The number of nitrogens with zero attached hydrogens (tertiary/aromatic N) is 1. The van der Waals surface area contributed by atoms with Crippen LogP contribution in [-0.2, 0) is 4.79 Å². The molecule has 2 rings (SSSR count). The van der Waals surface area contributed by atoms with E-state index < -0.39 is 0 Å². The van der Waals surface area contributed by atoms with Gasteiger partial charge in [-0.15, -0.1) is 0 Å². The van der Waals surface area contributed by atoms with Gasteiger partial charge in [0.25, 0.3) is 5.91 Å². The maximum absolute atomic E-state index is 12.1. The van der Waals surface area contributed by atoms with Crippen molar-refractivity contribution in [3.05, 3.63) is 29.3 Å². The second-order valence-corrected chi connectivity index (χ2v) is 5.85. The molecule has 1 amide bonds. The van der Waals surface area contributed by atoms with Crippen molar-refractivity contribution in [2.45, 2.75) is 45.7 Å². The molecule has 1 N–H and O–H groups in total. The van der Waals surface area contributed by atoms with E-state index in [-0.39, 0.29) is 18.6 Å². The number of carbonyl (C=O) groups excluding carboxylic acids is 1. The van der Waals surface area contributed by atoms with Crippen LogP contribution < -0.4 is 10.1 Å². The summed E-state index contributed by atoms with van der Waals surface area (Å²) in [7, 11) is 1.86. The quantitative estimate of drug-likeness (QED) is 0.839. The Morgan fingerprint density at radius 2 is 2.19 bits per heavy atom. The highest BCUT2D eigenvalue weighted by molar-refractivity contribution is 5.78. The maximum Gasteiger partial charge on any atom is 0.260 e. The Kier molecular flexibility index (Phi) is 5.23. The molecular weight excluding hydrogens is 264 g/mol. The first-order chi connectivity index (χ1) is 10.0. The molecule has 0 bridgehead atoms. The summed E-state index contributed by atoms with van der Waals surface area (Å²) in [5.41, 5.74) is 2.31. The van der Waals surface area contributed by atoms with Gasteiger partial charge < -0.3 is 15.0 Å². The highest BCUT2D eigenvalue weighted by atomic mass is 16.5. The smallest absolute Gasteiger partial charge is 0.260 e. The number of benzene rings is 1. The standard InChI is InChI=1S/C17H26N2O2/c1-5-18-13(3)15-10-12(2)6-9-16(15)21-11-17(20)19(4)14-7-8-14/h6,9-10,13-14,18H,5,7-8,11H2,1-4H3. The van der Waals surface area contributed by atoms with E-state index in [0.29, 0.717) is 6.04 Å². The number of amides is 1. The third kappa shape index (κ3) is 4.21. The first-order valence-electron chi connectivity index (χ1n) is 7.75. The summed E-state index contributed by atoms with van der Waals surface area (Å²) in [4.78, 5) is 13.9. The number of rotatable bonds is 7. The van der Waals surface area contributed by atoms with Gasteiger partial charge in [0.15, 0.2) is 6.61 Å². The van der Waals surface area contributed by atoms with Crippen molar-refractivity contribution in [3.8, 4) is 5.75 Å². The van der Waals surface area contributed by atoms with E-state index in [1.165, 1.54) is 5.56 Å². The number of nitrogens with one attached hydrogen (secondary N) is 1. The number of carbonyl (C=O) groups is 1. The maximum atomic E-state index is 12.1. The van der Waals surface area contributed by atoms with Crippen LogP contribution in [0.25, 0.3) is 0 Å². The van der Waals surface area contributed by atoms with Crippen molar-refractivity contribution in [1.82, 2.24) is 10.2 Å². The van der Waals surface area contributed by atoms with Gasteiger partial charge in [-0.1, -0.05) is 24.6 Å². The van der Waals surface area contributed by atoms with Crippen LogP contribution in [0, 0.1) is 6.92 Å². The summed E-state index contributed by atoms with van der Waals surface area (Å²) >= 11 is 0. The van der Waals surface area contributed by atoms with Gasteiger partial charge in [0.1, 0.15) is 5.75 Å². The fourth-order valence-corrected chi connectivity index (χ4v) is 2.46. The molecule has 1 aromatic carbocycles.